The maximum Gasteiger partial charge on any atom is 0.259 e. The summed E-state index contributed by atoms with van der Waals surface area (Å²) < 4.78 is 5.11. The molecule has 1 amide bonds. The predicted molar refractivity (Wildman–Crippen MR) is 67.4 cm³/mol. The largest absolute Gasteiger partial charge is 0.496 e. The van der Waals surface area contributed by atoms with Crippen molar-refractivity contribution in [2.75, 3.05) is 18.2 Å². The van der Waals surface area contributed by atoms with Gasteiger partial charge in [0.15, 0.2) is 0 Å². The predicted octanol–water partition coefficient (Wildman–Crippen LogP) is 1.32. The molecule has 92 valence electrons. The summed E-state index contributed by atoms with van der Waals surface area (Å²) in [6.07, 6.45) is 4.41. The Morgan fingerprint density at radius 2 is 2.06 bits per heavy atom. The van der Waals surface area contributed by atoms with Gasteiger partial charge in [-0.25, -0.2) is 9.97 Å². The summed E-state index contributed by atoms with van der Waals surface area (Å²) in [6, 6.07) is 4.84. The van der Waals surface area contributed by atoms with E-state index in [0.29, 0.717) is 22.7 Å². The molecule has 2 rings (SSSR count). The molecule has 0 saturated heterocycles. The zero-order valence-corrected chi connectivity index (χ0v) is 9.75. The number of hydrogen-bond donors (Lipinski definition) is 2. The molecule has 0 spiro atoms. The molecule has 6 nitrogen and oxygen atoms in total. The number of amides is 1. The monoisotopic (exact) mass is 244 g/mol. The van der Waals surface area contributed by atoms with Crippen molar-refractivity contribution in [3.05, 3.63) is 42.5 Å². The molecule has 0 radical (unpaired) electrons. The second-order valence-corrected chi connectivity index (χ2v) is 3.54. The number of nitrogens with zero attached hydrogens (tertiary/aromatic N) is 2. The average molecular weight is 244 g/mol. The van der Waals surface area contributed by atoms with Crippen LogP contribution >= 0.6 is 0 Å². The summed E-state index contributed by atoms with van der Waals surface area (Å²) in [6.45, 7) is 0. The molecule has 18 heavy (non-hydrogen) atoms. The van der Waals surface area contributed by atoms with Crippen LogP contribution in [0, 0.1) is 0 Å². The molecule has 0 bridgehead atoms. The fourth-order valence-corrected chi connectivity index (χ4v) is 1.46. The van der Waals surface area contributed by atoms with E-state index in [-0.39, 0.29) is 5.91 Å². The van der Waals surface area contributed by atoms with E-state index in [1.165, 1.54) is 25.8 Å². The SMILES string of the molecule is COc1cc(N)ccc1C(=O)Nc1cncnc1. The third-order valence-corrected chi connectivity index (χ3v) is 2.29. The normalized spacial score (nSPS) is 9.83. The van der Waals surface area contributed by atoms with Crippen LogP contribution < -0.4 is 15.8 Å². The van der Waals surface area contributed by atoms with Gasteiger partial charge >= 0.3 is 0 Å². The van der Waals surface area contributed by atoms with Gasteiger partial charge in [-0.05, 0) is 12.1 Å². The lowest BCUT2D eigenvalue weighted by molar-refractivity contribution is 0.102. The molecule has 0 fully saturated rings. The van der Waals surface area contributed by atoms with Crippen molar-refractivity contribution >= 4 is 17.3 Å². The van der Waals surface area contributed by atoms with Gasteiger partial charge in [0, 0.05) is 11.8 Å². The van der Waals surface area contributed by atoms with Crippen LogP contribution in [0.1, 0.15) is 10.4 Å². The number of nitrogens with two attached hydrogens (primary N) is 1. The highest BCUT2D eigenvalue weighted by Crippen LogP contribution is 2.22. The molecule has 1 heterocycles. The molecule has 0 aliphatic heterocycles. The quantitative estimate of drug-likeness (QED) is 0.795. The Kier molecular flexibility index (Phi) is 3.38. The first-order valence-electron chi connectivity index (χ1n) is 5.20. The summed E-state index contributed by atoms with van der Waals surface area (Å²) in [7, 11) is 1.48. The number of aromatic nitrogens is 2. The zero-order chi connectivity index (χ0) is 13.0. The van der Waals surface area contributed by atoms with E-state index in [1.54, 1.807) is 18.2 Å². The van der Waals surface area contributed by atoms with Crippen molar-refractivity contribution in [1.82, 2.24) is 9.97 Å². The van der Waals surface area contributed by atoms with Crippen LogP contribution in [-0.2, 0) is 0 Å². The fourth-order valence-electron chi connectivity index (χ4n) is 1.46. The van der Waals surface area contributed by atoms with Crippen LogP contribution in [-0.4, -0.2) is 23.0 Å². The number of benzene rings is 1. The highest BCUT2D eigenvalue weighted by atomic mass is 16.5. The maximum absolute atomic E-state index is 12.0. The van der Waals surface area contributed by atoms with E-state index in [9.17, 15) is 4.79 Å². The number of ether oxygens (including phenoxy) is 1. The molecule has 0 atom stereocenters. The van der Waals surface area contributed by atoms with Crippen molar-refractivity contribution < 1.29 is 9.53 Å². The second kappa shape index (κ2) is 5.13. The molecule has 2 aromatic rings. The van der Waals surface area contributed by atoms with Gasteiger partial charge in [-0.15, -0.1) is 0 Å². The summed E-state index contributed by atoms with van der Waals surface area (Å²) >= 11 is 0. The standard InChI is InChI=1S/C12H12N4O2/c1-18-11-4-8(13)2-3-10(11)12(17)16-9-5-14-7-15-6-9/h2-7H,13H2,1H3,(H,16,17). The fraction of sp³-hybridized carbons (Fsp3) is 0.0833. The topological polar surface area (TPSA) is 90.1 Å². The van der Waals surface area contributed by atoms with Crippen molar-refractivity contribution in [2.24, 2.45) is 0 Å². The minimum absolute atomic E-state index is 0.304. The van der Waals surface area contributed by atoms with Gasteiger partial charge in [0.25, 0.3) is 5.91 Å². The van der Waals surface area contributed by atoms with Gasteiger partial charge in [-0.3, -0.25) is 4.79 Å². The van der Waals surface area contributed by atoms with Crippen molar-refractivity contribution in [3.8, 4) is 5.75 Å². The Morgan fingerprint density at radius 1 is 1.33 bits per heavy atom. The Balaban J connectivity index is 2.24. The number of anilines is 2. The van der Waals surface area contributed by atoms with E-state index in [2.05, 4.69) is 15.3 Å². The molecule has 3 N–H and O–H groups in total. The van der Waals surface area contributed by atoms with Crippen LogP contribution in [0.5, 0.6) is 5.75 Å². The van der Waals surface area contributed by atoms with E-state index in [1.807, 2.05) is 0 Å². The first kappa shape index (κ1) is 11.8. The Labute approximate surface area is 104 Å². The molecular weight excluding hydrogens is 232 g/mol. The molecule has 6 heteroatoms. The molecule has 0 aliphatic carbocycles. The maximum atomic E-state index is 12.0. The van der Waals surface area contributed by atoms with E-state index >= 15 is 0 Å². The summed E-state index contributed by atoms with van der Waals surface area (Å²) in [4.78, 5) is 19.6. The van der Waals surface area contributed by atoms with Gasteiger partial charge in [-0.1, -0.05) is 0 Å². The van der Waals surface area contributed by atoms with Crippen LogP contribution in [0.15, 0.2) is 36.9 Å². The molecule has 0 aliphatic rings. The Bertz CT molecular complexity index is 557. The van der Waals surface area contributed by atoms with E-state index < -0.39 is 0 Å². The highest BCUT2D eigenvalue weighted by Gasteiger charge is 2.12. The highest BCUT2D eigenvalue weighted by molar-refractivity contribution is 6.06. The summed E-state index contributed by atoms with van der Waals surface area (Å²) in [5, 5.41) is 2.67. The lowest BCUT2D eigenvalue weighted by Gasteiger charge is -2.09. The molecule has 0 unspecified atom stereocenters. The van der Waals surface area contributed by atoms with E-state index in [4.69, 9.17) is 10.5 Å². The van der Waals surface area contributed by atoms with Gasteiger partial charge < -0.3 is 15.8 Å². The molecule has 0 saturated carbocycles. The number of carbonyl (C=O) groups excluding carboxylic acids is 1. The number of hydrogen-bond acceptors (Lipinski definition) is 5. The van der Waals surface area contributed by atoms with Crippen molar-refractivity contribution in [3.63, 3.8) is 0 Å². The third kappa shape index (κ3) is 2.54. The lowest BCUT2D eigenvalue weighted by atomic mass is 10.1. The van der Waals surface area contributed by atoms with Crippen molar-refractivity contribution in [2.45, 2.75) is 0 Å². The van der Waals surface area contributed by atoms with Gasteiger partial charge in [0.1, 0.15) is 12.1 Å². The van der Waals surface area contributed by atoms with Crippen LogP contribution in [0.3, 0.4) is 0 Å². The minimum atomic E-state index is -0.304. The Morgan fingerprint density at radius 3 is 2.72 bits per heavy atom. The average Bonchev–Trinajstić information content (AvgIpc) is 2.39. The lowest BCUT2D eigenvalue weighted by Crippen LogP contribution is -2.13. The summed E-state index contributed by atoms with van der Waals surface area (Å²) in [5.74, 6) is 0.117. The number of nitrogen functional groups attached to an aromatic ring is 1. The number of carbonyl (C=O) groups is 1. The summed E-state index contributed by atoms with van der Waals surface area (Å²) in [5.41, 5.74) is 7.07. The van der Waals surface area contributed by atoms with Crippen LogP contribution in [0.2, 0.25) is 0 Å². The third-order valence-electron chi connectivity index (χ3n) is 2.29. The first-order chi connectivity index (χ1) is 8.70. The van der Waals surface area contributed by atoms with Gasteiger partial charge in [0.2, 0.25) is 0 Å². The van der Waals surface area contributed by atoms with Crippen LogP contribution in [0.25, 0.3) is 0 Å². The number of rotatable bonds is 3. The number of methoxy groups -OCH3 is 1. The van der Waals surface area contributed by atoms with Crippen LogP contribution in [0.4, 0.5) is 11.4 Å². The zero-order valence-electron chi connectivity index (χ0n) is 9.75. The smallest absolute Gasteiger partial charge is 0.259 e. The first-order valence-corrected chi connectivity index (χ1v) is 5.20. The second-order valence-electron chi connectivity index (χ2n) is 3.54. The Hall–Kier alpha value is -2.63. The van der Waals surface area contributed by atoms with Gasteiger partial charge in [0.05, 0.1) is 30.8 Å². The molecule has 1 aromatic heterocycles. The molecular formula is C12H12N4O2. The number of nitrogens with one attached hydrogen (secondary N) is 1. The van der Waals surface area contributed by atoms with E-state index in [0.717, 1.165) is 0 Å². The van der Waals surface area contributed by atoms with Gasteiger partial charge in [-0.2, -0.15) is 0 Å². The van der Waals surface area contributed by atoms with Crippen molar-refractivity contribution in [1.29, 1.82) is 0 Å². The minimum Gasteiger partial charge on any atom is -0.496 e. The molecule has 1 aromatic carbocycles.